The Bertz CT molecular complexity index is 956. The lowest BCUT2D eigenvalue weighted by Gasteiger charge is -2.35. The molecule has 162 valence electrons. The van der Waals surface area contributed by atoms with Crippen LogP contribution >= 0.6 is 0 Å². The van der Waals surface area contributed by atoms with E-state index >= 15 is 0 Å². The van der Waals surface area contributed by atoms with Gasteiger partial charge in [0, 0.05) is 50.7 Å². The molecule has 31 heavy (non-hydrogen) atoms. The molecule has 0 aromatic heterocycles. The van der Waals surface area contributed by atoms with Crippen molar-refractivity contribution in [1.82, 2.24) is 9.80 Å². The van der Waals surface area contributed by atoms with Crippen LogP contribution in [-0.4, -0.2) is 53.7 Å². The minimum absolute atomic E-state index is 0.0600. The molecule has 4 rings (SSSR count). The zero-order chi connectivity index (χ0) is 22.0. The Morgan fingerprint density at radius 3 is 2.26 bits per heavy atom. The number of carbonyl (C=O) groups is 3. The predicted molar refractivity (Wildman–Crippen MR) is 119 cm³/mol. The van der Waals surface area contributed by atoms with Gasteiger partial charge < -0.3 is 14.7 Å². The monoisotopic (exact) mass is 419 g/mol. The molecule has 2 aliphatic heterocycles. The molecule has 1 unspecified atom stereocenters. The fourth-order valence-corrected chi connectivity index (χ4v) is 4.38. The Hall–Kier alpha value is -3.15. The van der Waals surface area contributed by atoms with Gasteiger partial charge in [0.1, 0.15) is 0 Å². The quantitative estimate of drug-likeness (QED) is 0.676. The predicted octanol–water partition coefficient (Wildman–Crippen LogP) is 3.03. The molecule has 0 aliphatic carbocycles. The van der Waals surface area contributed by atoms with Gasteiger partial charge in [0.25, 0.3) is 0 Å². The first-order chi connectivity index (χ1) is 14.9. The standard InChI is InChI=1S/C25H29N3O3/c1-18(2)21-8-10-22(11-9-21)28-13-12-26(24(30)25(28)31)16-20-14-23(29)27(17-20)15-19-6-4-3-5-7-19/h3-11,18,20H,12-17H2,1-2H3. The van der Waals surface area contributed by atoms with Crippen molar-refractivity contribution in [2.45, 2.75) is 32.7 Å². The van der Waals surface area contributed by atoms with E-state index in [0.717, 1.165) is 11.3 Å². The largest absolute Gasteiger partial charge is 0.338 e. The lowest BCUT2D eigenvalue weighted by molar-refractivity contribution is -0.146. The highest BCUT2D eigenvalue weighted by molar-refractivity contribution is 6.41. The summed E-state index contributed by atoms with van der Waals surface area (Å²) in [6.45, 7) is 6.85. The molecule has 0 N–H and O–H groups in total. The fourth-order valence-electron chi connectivity index (χ4n) is 4.38. The summed E-state index contributed by atoms with van der Waals surface area (Å²) < 4.78 is 0. The number of hydrogen-bond acceptors (Lipinski definition) is 3. The number of anilines is 1. The summed E-state index contributed by atoms with van der Waals surface area (Å²) in [5.41, 5.74) is 3.06. The second kappa shape index (κ2) is 8.92. The van der Waals surface area contributed by atoms with Crippen LogP contribution in [0.5, 0.6) is 0 Å². The molecule has 2 fully saturated rings. The van der Waals surface area contributed by atoms with Gasteiger partial charge >= 0.3 is 11.8 Å². The maximum Gasteiger partial charge on any atom is 0.316 e. The van der Waals surface area contributed by atoms with Crippen LogP contribution in [0.1, 0.15) is 37.3 Å². The van der Waals surface area contributed by atoms with Gasteiger partial charge in [0.05, 0.1) is 0 Å². The molecule has 2 aliphatic rings. The molecule has 2 aromatic carbocycles. The molecule has 2 heterocycles. The summed E-state index contributed by atoms with van der Waals surface area (Å²) in [6, 6.07) is 17.7. The second-order valence-corrected chi connectivity index (χ2v) is 8.78. The molecule has 1 atom stereocenters. The molecule has 2 aromatic rings. The van der Waals surface area contributed by atoms with Crippen LogP contribution < -0.4 is 4.90 Å². The third-order valence-electron chi connectivity index (χ3n) is 6.17. The molecule has 0 radical (unpaired) electrons. The van der Waals surface area contributed by atoms with Crippen molar-refractivity contribution in [3.63, 3.8) is 0 Å². The first-order valence-corrected chi connectivity index (χ1v) is 10.9. The van der Waals surface area contributed by atoms with Crippen LogP contribution in [0.3, 0.4) is 0 Å². The Labute approximate surface area is 183 Å². The van der Waals surface area contributed by atoms with E-state index < -0.39 is 11.8 Å². The van der Waals surface area contributed by atoms with Gasteiger partial charge in [-0.3, -0.25) is 14.4 Å². The Morgan fingerprint density at radius 2 is 1.58 bits per heavy atom. The van der Waals surface area contributed by atoms with Crippen molar-refractivity contribution in [1.29, 1.82) is 0 Å². The SMILES string of the molecule is CC(C)c1ccc(N2CCN(CC3CC(=O)N(Cc4ccccc4)C3)C(=O)C2=O)cc1. The highest BCUT2D eigenvalue weighted by atomic mass is 16.2. The minimum Gasteiger partial charge on any atom is -0.338 e. The van der Waals surface area contributed by atoms with Crippen LogP contribution in [-0.2, 0) is 20.9 Å². The van der Waals surface area contributed by atoms with Crippen molar-refractivity contribution < 1.29 is 14.4 Å². The molecular formula is C25H29N3O3. The second-order valence-electron chi connectivity index (χ2n) is 8.78. The number of benzene rings is 2. The fraction of sp³-hybridized carbons (Fsp3) is 0.400. The molecule has 2 saturated heterocycles. The molecule has 3 amide bonds. The Kier molecular flexibility index (Phi) is 6.07. The van der Waals surface area contributed by atoms with Crippen molar-refractivity contribution in [3.05, 3.63) is 65.7 Å². The van der Waals surface area contributed by atoms with Gasteiger partial charge in [-0.2, -0.15) is 0 Å². The van der Waals surface area contributed by atoms with Gasteiger partial charge in [-0.15, -0.1) is 0 Å². The van der Waals surface area contributed by atoms with E-state index in [-0.39, 0.29) is 11.8 Å². The van der Waals surface area contributed by atoms with Crippen molar-refractivity contribution in [3.8, 4) is 0 Å². The molecule has 6 nitrogen and oxygen atoms in total. The Morgan fingerprint density at radius 1 is 0.871 bits per heavy atom. The molecule has 0 spiro atoms. The number of rotatable bonds is 6. The van der Waals surface area contributed by atoms with Gasteiger partial charge in [-0.1, -0.05) is 56.3 Å². The topological polar surface area (TPSA) is 60.9 Å². The number of piperazine rings is 1. The summed E-state index contributed by atoms with van der Waals surface area (Å²) in [5.74, 6) is -0.387. The number of nitrogens with zero attached hydrogens (tertiary/aromatic N) is 3. The van der Waals surface area contributed by atoms with Crippen molar-refractivity contribution >= 4 is 23.4 Å². The van der Waals surface area contributed by atoms with E-state index in [9.17, 15) is 14.4 Å². The van der Waals surface area contributed by atoms with Crippen LogP contribution in [0, 0.1) is 5.92 Å². The first-order valence-electron chi connectivity index (χ1n) is 10.9. The van der Waals surface area contributed by atoms with Crippen molar-refractivity contribution in [2.24, 2.45) is 5.92 Å². The van der Waals surface area contributed by atoms with Crippen LogP contribution in [0.2, 0.25) is 0 Å². The summed E-state index contributed by atoms with van der Waals surface area (Å²) in [7, 11) is 0. The van der Waals surface area contributed by atoms with Crippen molar-refractivity contribution in [2.75, 3.05) is 31.1 Å². The number of amides is 3. The van der Waals surface area contributed by atoms with E-state index in [1.54, 1.807) is 9.80 Å². The minimum atomic E-state index is -0.492. The number of carbonyl (C=O) groups excluding carboxylic acids is 3. The average molecular weight is 420 g/mol. The normalized spacial score (nSPS) is 19.6. The highest BCUT2D eigenvalue weighted by Gasteiger charge is 2.37. The summed E-state index contributed by atoms with van der Waals surface area (Å²) >= 11 is 0. The van der Waals surface area contributed by atoms with Crippen LogP contribution in [0.15, 0.2) is 54.6 Å². The van der Waals surface area contributed by atoms with E-state index in [4.69, 9.17) is 0 Å². The van der Waals surface area contributed by atoms with Gasteiger partial charge in [-0.05, 0) is 29.2 Å². The summed E-state index contributed by atoms with van der Waals surface area (Å²) in [4.78, 5) is 43.0. The van der Waals surface area contributed by atoms with Crippen LogP contribution in [0.25, 0.3) is 0 Å². The van der Waals surface area contributed by atoms with Gasteiger partial charge in [-0.25, -0.2) is 0 Å². The van der Waals surface area contributed by atoms with Crippen LogP contribution in [0.4, 0.5) is 5.69 Å². The van der Waals surface area contributed by atoms with Gasteiger partial charge in [0.2, 0.25) is 5.91 Å². The number of hydrogen-bond donors (Lipinski definition) is 0. The third-order valence-corrected chi connectivity index (χ3v) is 6.17. The van der Waals surface area contributed by atoms with E-state index in [0.29, 0.717) is 45.1 Å². The Balaban J connectivity index is 1.35. The first kappa shape index (κ1) is 21.1. The lowest BCUT2D eigenvalue weighted by atomic mass is 10.0. The lowest BCUT2D eigenvalue weighted by Crippen LogP contribution is -2.55. The van der Waals surface area contributed by atoms with E-state index in [2.05, 4.69) is 13.8 Å². The molecule has 0 saturated carbocycles. The molecular weight excluding hydrogens is 390 g/mol. The van der Waals surface area contributed by atoms with E-state index in [1.165, 1.54) is 5.56 Å². The summed E-state index contributed by atoms with van der Waals surface area (Å²) in [5, 5.41) is 0. The highest BCUT2D eigenvalue weighted by Crippen LogP contribution is 2.25. The van der Waals surface area contributed by atoms with E-state index in [1.807, 2.05) is 59.5 Å². The zero-order valence-electron chi connectivity index (χ0n) is 18.2. The maximum absolute atomic E-state index is 12.8. The molecule has 6 heteroatoms. The summed E-state index contributed by atoms with van der Waals surface area (Å²) in [6.07, 6.45) is 0.422. The number of likely N-dealkylation sites (tertiary alicyclic amines) is 1. The zero-order valence-corrected chi connectivity index (χ0v) is 18.2. The maximum atomic E-state index is 12.8. The average Bonchev–Trinajstić information content (AvgIpc) is 3.11. The smallest absolute Gasteiger partial charge is 0.316 e. The third kappa shape index (κ3) is 4.63. The molecule has 0 bridgehead atoms. The van der Waals surface area contributed by atoms with Gasteiger partial charge in [0.15, 0.2) is 0 Å².